The van der Waals surface area contributed by atoms with Crippen LogP contribution in [0.15, 0.2) is 48.7 Å². The Morgan fingerprint density at radius 3 is 2.50 bits per heavy atom. The number of phenolic OH excluding ortho intramolecular Hbond substituents is 1. The van der Waals surface area contributed by atoms with E-state index in [0.29, 0.717) is 23.1 Å². The lowest BCUT2D eigenvalue weighted by Gasteiger charge is -2.10. The van der Waals surface area contributed by atoms with Crippen LogP contribution in [0.3, 0.4) is 0 Å². The average molecular weight is 434 g/mol. The molecule has 0 unspecified atom stereocenters. The number of ether oxygens (including phenoxy) is 1. The molecule has 2 aromatic carbocycles. The van der Waals surface area contributed by atoms with Crippen LogP contribution in [0.2, 0.25) is 5.02 Å². The van der Waals surface area contributed by atoms with E-state index in [0.717, 1.165) is 17.0 Å². The molecule has 1 heterocycles. The van der Waals surface area contributed by atoms with E-state index < -0.39 is 11.9 Å². The minimum absolute atomic E-state index is 0.203. The van der Waals surface area contributed by atoms with Gasteiger partial charge in [0.05, 0.1) is 19.0 Å². The van der Waals surface area contributed by atoms with E-state index in [-0.39, 0.29) is 5.75 Å². The van der Waals surface area contributed by atoms with E-state index in [1.807, 2.05) is 35.9 Å². The van der Waals surface area contributed by atoms with Crippen LogP contribution in [-0.4, -0.2) is 43.9 Å². The number of phenols is 1. The zero-order valence-electron chi connectivity index (χ0n) is 16.2. The molecule has 0 amide bonds. The highest BCUT2D eigenvalue weighted by molar-refractivity contribution is 6.30. The number of hydrogen-bond acceptors (Lipinski definition) is 6. The van der Waals surface area contributed by atoms with Crippen LogP contribution in [0.1, 0.15) is 5.56 Å². The van der Waals surface area contributed by atoms with Crippen molar-refractivity contribution in [3.05, 3.63) is 59.2 Å². The summed E-state index contributed by atoms with van der Waals surface area (Å²) >= 11 is 5.97. The summed E-state index contributed by atoms with van der Waals surface area (Å²) in [7, 11) is 3.58. The number of aromatic hydroxyl groups is 1. The van der Waals surface area contributed by atoms with Crippen molar-refractivity contribution in [2.24, 2.45) is 7.05 Å². The minimum atomic E-state index is -1.82. The largest absolute Gasteiger partial charge is 0.508 e. The number of aliphatic carboxylic acids is 2. The molecule has 0 atom stereocenters. The zero-order valence-corrected chi connectivity index (χ0v) is 16.9. The van der Waals surface area contributed by atoms with Gasteiger partial charge in [0.25, 0.3) is 0 Å². The van der Waals surface area contributed by atoms with E-state index in [2.05, 4.69) is 10.3 Å². The first-order valence-corrected chi connectivity index (χ1v) is 8.94. The van der Waals surface area contributed by atoms with E-state index in [1.54, 1.807) is 31.5 Å². The first-order valence-electron chi connectivity index (χ1n) is 8.56. The highest BCUT2D eigenvalue weighted by atomic mass is 35.5. The Kier molecular flexibility index (Phi) is 7.65. The van der Waals surface area contributed by atoms with Gasteiger partial charge in [-0.15, -0.1) is 0 Å². The van der Waals surface area contributed by atoms with Crippen LogP contribution in [0.25, 0.3) is 11.3 Å². The van der Waals surface area contributed by atoms with Crippen LogP contribution < -0.4 is 10.1 Å². The van der Waals surface area contributed by atoms with Gasteiger partial charge in [0, 0.05) is 29.7 Å². The Morgan fingerprint density at radius 2 is 1.87 bits per heavy atom. The number of nitrogens with one attached hydrogen (secondary N) is 1. The number of benzene rings is 2. The highest BCUT2D eigenvalue weighted by Gasteiger charge is 2.10. The number of imidazole rings is 1. The summed E-state index contributed by atoms with van der Waals surface area (Å²) in [6, 6.07) is 12.8. The first-order chi connectivity index (χ1) is 14.2. The van der Waals surface area contributed by atoms with Crippen LogP contribution in [-0.2, 0) is 23.2 Å². The SMILES string of the molecule is COc1cccc(-c2cnc(NCc3cc(Cl)ccc3O)n2C)c1.O=C(O)C(=O)O. The summed E-state index contributed by atoms with van der Waals surface area (Å²) in [5, 5.41) is 28.5. The third-order valence-corrected chi connectivity index (χ3v) is 4.25. The monoisotopic (exact) mass is 433 g/mol. The Bertz CT molecular complexity index is 1040. The molecule has 0 aliphatic rings. The standard InChI is InChI=1S/C18H18ClN3O2.C2H2O4/c1-22-16(12-4-3-5-15(9-12)24-2)11-21-18(22)20-10-13-8-14(19)6-7-17(13)23;3-1(4)2(5)6/h3-9,11,23H,10H2,1-2H3,(H,20,21);(H,3,4)(H,5,6). The maximum atomic E-state index is 9.88. The van der Waals surface area contributed by atoms with Crippen molar-refractivity contribution in [3.8, 4) is 22.8 Å². The highest BCUT2D eigenvalue weighted by Crippen LogP contribution is 2.26. The summed E-state index contributed by atoms with van der Waals surface area (Å²) in [6.07, 6.45) is 1.80. The third-order valence-electron chi connectivity index (χ3n) is 4.02. The van der Waals surface area contributed by atoms with Crippen LogP contribution in [0, 0.1) is 0 Å². The quantitative estimate of drug-likeness (QED) is 0.450. The summed E-state index contributed by atoms with van der Waals surface area (Å²) in [5.74, 6) is -1.95. The van der Waals surface area contributed by atoms with Gasteiger partial charge in [-0.05, 0) is 30.3 Å². The number of carboxylic acids is 2. The Labute approximate surface area is 177 Å². The molecular formula is C20H20ClN3O6. The number of nitrogens with zero attached hydrogens (tertiary/aromatic N) is 2. The summed E-state index contributed by atoms with van der Waals surface area (Å²) in [4.78, 5) is 22.6. The maximum Gasteiger partial charge on any atom is 0.414 e. The van der Waals surface area contributed by atoms with Gasteiger partial charge in [0.15, 0.2) is 0 Å². The van der Waals surface area contributed by atoms with Gasteiger partial charge in [0.1, 0.15) is 11.5 Å². The molecule has 0 spiro atoms. The van der Waals surface area contributed by atoms with Crippen LogP contribution in [0.5, 0.6) is 11.5 Å². The Balaban J connectivity index is 0.000000469. The number of anilines is 1. The molecule has 9 nitrogen and oxygen atoms in total. The molecule has 158 valence electrons. The predicted molar refractivity (Wildman–Crippen MR) is 111 cm³/mol. The topological polar surface area (TPSA) is 134 Å². The van der Waals surface area contributed by atoms with Crippen molar-refractivity contribution >= 4 is 29.5 Å². The van der Waals surface area contributed by atoms with E-state index in [1.165, 1.54) is 0 Å². The number of hydrogen-bond donors (Lipinski definition) is 4. The summed E-state index contributed by atoms with van der Waals surface area (Å²) in [6.45, 7) is 0.425. The number of halogens is 1. The summed E-state index contributed by atoms with van der Waals surface area (Å²) < 4.78 is 7.22. The summed E-state index contributed by atoms with van der Waals surface area (Å²) in [5.41, 5.74) is 2.70. The molecule has 0 aliphatic heterocycles. The van der Waals surface area contributed by atoms with Crippen molar-refractivity contribution in [2.45, 2.75) is 6.54 Å². The molecule has 0 radical (unpaired) electrons. The fourth-order valence-electron chi connectivity index (χ4n) is 2.49. The molecule has 0 fully saturated rings. The molecule has 3 aromatic rings. The van der Waals surface area contributed by atoms with Gasteiger partial charge in [-0.25, -0.2) is 14.6 Å². The first kappa shape index (κ1) is 22.6. The predicted octanol–water partition coefficient (Wildman–Crippen LogP) is 3.22. The Morgan fingerprint density at radius 1 is 1.17 bits per heavy atom. The minimum Gasteiger partial charge on any atom is -0.508 e. The van der Waals surface area contributed by atoms with Crippen molar-refractivity contribution < 1.29 is 29.6 Å². The molecule has 3 rings (SSSR count). The fraction of sp³-hybridized carbons (Fsp3) is 0.150. The van der Waals surface area contributed by atoms with Gasteiger partial charge in [-0.2, -0.15) is 0 Å². The number of carbonyl (C=O) groups is 2. The van der Waals surface area contributed by atoms with Crippen molar-refractivity contribution in [1.29, 1.82) is 0 Å². The normalized spacial score (nSPS) is 9.97. The molecule has 1 aromatic heterocycles. The van der Waals surface area contributed by atoms with Crippen molar-refractivity contribution in [2.75, 3.05) is 12.4 Å². The van der Waals surface area contributed by atoms with Crippen molar-refractivity contribution in [1.82, 2.24) is 9.55 Å². The van der Waals surface area contributed by atoms with Crippen molar-refractivity contribution in [3.63, 3.8) is 0 Å². The van der Waals surface area contributed by atoms with E-state index in [9.17, 15) is 5.11 Å². The lowest BCUT2D eigenvalue weighted by atomic mass is 10.1. The zero-order chi connectivity index (χ0) is 22.3. The molecular weight excluding hydrogens is 414 g/mol. The van der Waals surface area contributed by atoms with Gasteiger partial charge < -0.3 is 29.9 Å². The van der Waals surface area contributed by atoms with E-state index in [4.69, 9.17) is 36.1 Å². The molecule has 4 N–H and O–H groups in total. The third kappa shape index (κ3) is 5.89. The number of carboxylic acid groups (broad SMARTS) is 2. The molecule has 0 aliphatic carbocycles. The smallest absolute Gasteiger partial charge is 0.414 e. The van der Waals surface area contributed by atoms with Gasteiger partial charge in [0.2, 0.25) is 5.95 Å². The van der Waals surface area contributed by atoms with Gasteiger partial charge in [-0.3, -0.25) is 0 Å². The number of aromatic nitrogens is 2. The number of rotatable bonds is 5. The fourth-order valence-corrected chi connectivity index (χ4v) is 2.69. The molecule has 30 heavy (non-hydrogen) atoms. The van der Waals surface area contributed by atoms with Crippen LogP contribution >= 0.6 is 11.6 Å². The molecule has 0 saturated carbocycles. The second-order valence-electron chi connectivity index (χ2n) is 5.99. The Hall–Kier alpha value is -3.72. The molecule has 10 heteroatoms. The molecule has 0 saturated heterocycles. The van der Waals surface area contributed by atoms with Gasteiger partial charge >= 0.3 is 11.9 Å². The number of methoxy groups -OCH3 is 1. The second kappa shape index (κ2) is 10.2. The lowest BCUT2D eigenvalue weighted by molar-refractivity contribution is -0.159. The second-order valence-corrected chi connectivity index (χ2v) is 6.43. The lowest BCUT2D eigenvalue weighted by Crippen LogP contribution is -2.09. The maximum absolute atomic E-state index is 9.88. The molecule has 0 bridgehead atoms. The van der Waals surface area contributed by atoms with Crippen LogP contribution in [0.4, 0.5) is 5.95 Å². The van der Waals surface area contributed by atoms with E-state index >= 15 is 0 Å². The van der Waals surface area contributed by atoms with Gasteiger partial charge in [-0.1, -0.05) is 23.7 Å². The average Bonchev–Trinajstić information content (AvgIpc) is 3.09.